The van der Waals surface area contributed by atoms with Crippen molar-refractivity contribution in [3.05, 3.63) is 75.4 Å². The standard InChI is InChI=1S/C24H19Cl2F5N6O4/c1-9-32-34-23(37(9)16-6-11(25)2-3-12(16)24(29,30)31)22-21(40)19(20(39)17(8-38)41-22)36-7-15(33-35-36)10-4-13(27)18(26)14(28)5-10/h2-7,17,19-22,38-40H,8H2,1H3/t17-,19+,20+,21-,22-/m1/s1. The molecule has 0 aliphatic carbocycles. The van der Waals surface area contributed by atoms with Crippen molar-refractivity contribution < 1.29 is 42.0 Å². The minimum absolute atomic E-state index is 0.0124. The van der Waals surface area contributed by atoms with Gasteiger partial charge in [0.2, 0.25) is 0 Å². The van der Waals surface area contributed by atoms with Crippen LogP contribution in [0.1, 0.15) is 29.4 Å². The quantitative estimate of drug-likeness (QED) is 0.227. The Balaban J connectivity index is 1.58. The highest BCUT2D eigenvalue weighted by Crippen LogP contribution is 2.41. The number of hydrogen-bond acceptors (Lipinski definition) is 8. The van der Waals surface area contributed by atoms with Crippen LogP contribution < -0.4 is 0 Å². The second-order valence-electron chi connectivity index (χ2n) is 9.19. The lowest BCUT2D eigenvalue weighted by atomic mass is 9.92. The van der Waals surface area contributed by atoms with Crippen molar-refractivity contribution >= 4 is 23.2 Å². The van der Waals surface area contributed by atoms with Crippen molar-refractivity contribution in [3.8, 4) is 16.9 Å². The summed E-state index contributed by atoms with van der Waals surface area (Å²) in [6.07, 6.45) is -9.93. The molecule has 4 aromatic rings. The molecule has 1 saturated heterocycles. The highest BCUT2D eigenvalue weighted by atomic mass is 35.5. The molecule has 0 amide bonds. The van der Waals surface area contributed by atoms with Gasteiger partial charge in [-0.15, -0.1) is 15.3 Å². The fraction of sp³-hybridized carbons (Fsp3) is 0.333. The summed E-state index contributed by atoms with van der Waals surface area (Å²) in [6.45, 7) is 0.602. The summed E-state index contributed by atoms with van der Waals surface area (Å²) in [4.78, 5) is 0. The van der Waals surface area contributed by atoms with Crippen LogP contribution in [0.3, 0.4) is 0 Å². The van der Waals surface area contributed by atoms with Crippen molar-refractivity contribution in [1.82, 2.24) is 29.8 Å². The van der Waals surface area contributed by atoms with Crippen LogP contribution in [0.4, 0.5) is 22.0 Å². The van der Waals surface area contributed by atoms with E-state index in [1.807, 2.05) is 0 Å². The van der Waals surface area contributed by atoms with E-state index in [0.29, 0.717) is 0 Å². The highest BCUT2D eigenvalue weighted by molar-refractivity contribution is 6.31. The van der Waals surface area contributed by atoms with E-state index in [2.05, 4.69) is 20.5 Å². The van der Waals surface area contributed by atoms with Crippen molar-refractivity contribution in [2.75, 3.05) is 6.61 Å². The van der Waals surface area contributed by atoms with Gasteiger partial charge >= 0.3 is 6.18 Å². The summed E-state index contributed by atoms with van der Waals surface area (Å²) < 4.78 is 77.4. The normalized spacial score (nSPS) is 23.2. The van der Waals surface area contributed by atoms with Gasteiger partial charge in [-0.3, -0.25) is 4.57 Å². The number of aliphatic hydroxyl groups excluding tert-OH is 3. The molecule has 3 heterocycles. The molecule has 1 aliphatic heterocycles. The summed E-state index contributed by atoms with van der Waals surface area (Å²) in [7, 11) is 0. The summed E-state index contributed by atoms with van der Waals surface area (Å²) in [6, 6.07) is 3.29. The molecule has 2 aromatic heterocycles. The maximum absolute atomic E-state index is 14.0. The van der Waals surface area contributed by atoms with Crippen LogP contribution in [0.25, 0.3) is 16.9 Å². The van der Waals surface area contributed by atoms with Gasteiger partial charge in [-0.1, -0.05) is 28.4 Å². The smallest absolute Gasteiger partial charge is 0.394 e. The zero-order chi connectivity index (χ0) is 29.8. The van der Waals surface area contributed by atoms with Crippen LogP contribution in [0, 0.1) is 18.6 Å². The van der Waals surface area contributed by atoms with Crippen LogP contribution in [0.15, 0.2) is 36.5 Å². The molecular weight excluding hydrogens is 602 g/mol. The van der Waals surface area contributed by atoms with E-state index in [9.17, 15) is 37.3 Å². The molecule has 5 atom stereocenters. The molecule has 3 N–H and O–H groups in total. The summed E-state index contributed by atoms with van der Waals surface area (Å²) in [5.74, 6) is -2.42. The monoisotopic (exact) mass is 620 g/mol. The first kappa shape index (κ1) is 29.3. The summed E-state index contributed by atoms with van der Waals surface area (Å²) in [5, 5.41) is 47.0. The number of nitrogens with zero attached hydrogens (tertiary/aromatic N) is 6. The Labute approximate surface area is 237 Å². The van der Waals surface area contributed by atoms with Gasteiger partial charge in [0.15, 0.2) is 5.82 Å². The van der Waals surface area contributed by atoms with Crippen LogP contribution in [0.5, 0.6) is 0 Å². The third kappa shape index (κ3) is 5.29. The number of alkyl halides is 3. The molecule has 0 radical (unpaired) electrons. The Morgan fingerprint density at radius 1 is 1.00 bits per heavy atom. The Morgan fingerprint density at radius 3 is 2.32 bits per heavy atom. The zero-order valence-electron chi connectivity index (χ0n) is 20.6. The lowest BCUT2D eigenvalue weighted by Gasteiger charge is -2.41. The van der Waals surface area contributed by atoms with Gasteiger partial charge in [-0.05, 0) is 37.3 Å². The molecule has 0 unspecified atom stereocenters. The maximum atomic E-state index is 14.0. The second-order valence-corrected chi connectivity index (χ2v) is 10.0. The first-order valence-electron chi connectivity index (χ1n) is 11.8. The summed E-state index contributed by atoms with van der Waals surface area (Å²) >= 11 is 11.5. The van der Waals surface area contributed by atoms with E-state index in [1.165, 1.54) is 13.1 Å². The van der Waals surface area contributed by atoms with Gasteiger partial charge < -0.3 is 20.1 Å². The number of aliphatic hydroxyl groups is 3. The minimum atomic E-state index is -4.80. The molecule has 5 rings (SSSR count). The Hall–Kier alpha value is -3.21. The van der Waals surface area contributed by atoms with E-state index in [0.717, 1.165) is 39.6 Å². The molecular formula is C24H19Cl2F5N6O4. The predicted molar refractivity (Wildman–Crippen MR) is 132 cm³/mol. The number of ether oxygens (including phenoxy) is 1. The maximum Gasteiger partial charge on any atom is 0.418 e. The number of hydrogen-bond donors (Lipinski definition) is 3. The average Bonchev–Trinajstić information content (AvgIpc) is 3.53. The first-order chi connectivity index (χ1) is 19.3. The fourth-order valence-electron chi connectivity index (χ4n) is 4.68. The van der Waals surface area contributed by atoms with Gasteiger partial charge in [0, 0.05) is 10.6 Å². The van der Waals surface area contributed by atoms with Crippen LogP contribution in [0.2, 0.25) is 10.0 Å². The molecule has 41 heavy (non-hydrogen) atoms. The fourth-order valence-corrected chi connectivity index (χ4v) is 4.95. The summed E-state index contributed by atoms with van der Waals surface area (Å²) in [5.41, 5.74) is -1.64. The largest absolute Gasteiger partial charge is 0.418 e. The van der Waals surface area contributed by atoms with Crippen molar-refractivity contribution in [2.24, 2.45) is 0 Å². The Kier molecular flexibility index (Phi) is 7.78. The van der Waals surface area contributed by atoms with E-state index < -0.39 is 71.1 Å². The second kappa shape index (κ2) is 10.9. The van der Waals surface area contributed by atoms with E-state index in [-0.39, 0.29) is 27.9 Å². The van der Waals surface area contributed by atoms with Crippen molar-refractivity contribution in [1.29, 1.82) is 0 Å². The van der Waals surface area contributed by atoms with E-state index in [4.69, 9.17) is 27.9 Å². The minimum Gasteiger partial charge on any atom is -0.394 e. The first-order valence-corrected chi connectivity index (χ1v) is 12.6. The Bertz CT molecular complexity index is 1580. The van der Waals surface area contributed by atoms with E-state index >= 15 is 0 Å². The lowest BCUT2D eigenvalue weighted by Crippen LogP contribution is -2.53. The third-order valence-electron chi connectivity index (χ3n) is 6.60. The number of aryl methyl sites for hydroxylation is 1. The molecule has 0 spiro atoms. The molecule has 0 bridgehead atoms. The van der Waals surface area contributed by atoms with E-state index in [1.54, 1.807) is 0 Å². The number of aromatic nitrogens is 6. The van der Waals surface area contributed by atoms with Gasteiger partial charge in [-0.25, -0.2) is 13.5 Å². The van der Waals surface area contributed by atoms with Crippen LogP contribution in [-0.4, -0.2) is 70.0 Å². The molecule has 218 valence electrons. The number of halogens is 7. The predicted octanol–water partition coefficient (Wildman–Crippen LogP) is 3.83. The van der Waals surface area contributed by atoms with Crippen molar-refractivity contribution in [2.45, 2.75) is 43.6 Å². The Morgan fingerprint density at radius 2 is 1.68 bits per heavy atom. The van der Waals surface area contributed by atoms with Gasteiger partial charge in [0.05, 0.1) is 24.1 Å². The molecule has 2 aromatic carbocycles. The number of benzene rings is 2. The molecule has 0 saturated carbocycles. The molecule has 17 heteroatoms. The number of rotatable bonds is 5. The highest BCUT2D eigenvalue weighted by Gasteiger charge is 2.49. The lowest BCUT2D eigenvalue weighted by molar-refractivity contribution is -0.210. The van der Waals surface area contributed by atoms with Crippen LogP contribution in [-0.2, 0) is 10.9 Å². The topological polar surface area (TPSA) is 131 Å². The molecule has 10 nitrogen and oxygen atoms in total. The van der Waals surface area contributed by atoms with Gasteiger partial charge in [-0.2, -0.15) is 13.2 Å². The third-order valence-corrected chi connectivity index (χ3v) is 7.19. The molecule has 1 fully saturated rings. The van der Waals surface area contributed by atoms with Crippen molar-refractivity contribution in [3.63, 3.8) is 0 Å². The SMILES string of the molecule is Cc1nnc([C@@H]2O[C@H](CO)[C@H](O)[C@H](n3cc(-c4cc(F)c(Cl)c(F)c4)nn3)[C@H]2O)n1-c1cc(Cl)ccc1C(F)(F)F. The zero-order valence-corrected chi connectivity index (χ0v) is 22.1. The van der Waals surface area contributed by atoms with Crippen LogP contribution >= 0.6 is 23.2 Å². The average molecular weight is 621 g/mol. The van der Waals surface area contributed by atoms with Gasteiger partial charge in [0.25, 0.3) is 0 Å². The van der Waals surface area contributed by atoms with Gasteiger partial charge in [0.1, 0.15) is 58.6 Å². The molecule has 1 aliphatic rings.